The van der Waals surface area contributed by atoms with E-state index in [2.05, 4.69) is 9.97 Å². The van der Waals surface area contributed by atoms with Gasteiger partial charge < -0.3 is 5.73 Å². The van der Waals surface area contributed by atoms with E-state index >= 15 is 0 Å². The topological polar surface area (TPSA) is 73.8 Å². The van der Waals surface area contributed by atoms with Crippen LogP contribution in [0, 0.1) is 0 Å². The fourth-order valence-corrected chi connectivity index (χ4v) is 1.27. The van der Waals surface area contributed by atoms with Gasteiger partial charge in [-0.1, -0.05) is 6.07 Å². The summed E-state index contributed by atoms with van der Waals surface area (Å²) in [6.45, 7) is 0.435. The van der Waals surface area contributed by atoms with Gasteiger partial charge in [0.25, 0.3) is 0 Å². The molecule has 0 spiro atoms. The van der Waals surface area contributed by atoms with E-state index in [1.807, 2.05) is 12.1 Å². The number of nitrogens with zero attached hydrogens (tertiary/aromatic N) is 3. The molecule has 0 aromatic carbocycles. The Balaban J connectivity index is 2.32. The zero-order chi connectivity index (χ0) is 10.7. The molecule has 0 saturated heterocycles. The Morgan fingerprint density at radius 3 is 3.00 bits per heavy atom. The van der Waals surface area contributed by atoms with Crippen LogP contribution in [0.15, 0.2) is 41.7 Å². The first-order chi connectivity index (χ1) is 7.25. The Morgan fingerprint density at radius 1 is 1.40 bits per heavy atom. The van der Waals surface area contributed by atoms with E-state index in [9.17, 15) is 4.79 Å². The summed E-state index contributed by atoms with van der Waals surface area (Å²) in [5.41, 5.74) is 6.64. The van der Waals surface area contributed by atoms with Gasteiger partial charge in [-0.3, -0.25) is 9.55 Å². The van der Waals surface area contributed by atoms with Crippen molar-refractivity contribution < 1.29 is 0 Å². The molecule has 76 valence electrons. The highest BCUT2D eigenvalue weighted by molar-refractivity contribution is 5.30. The summed E-state index contributed by atoms with van der Waals surface area (Å²) >= 11 is 0. The molecule has 5 heteroatoms. The Morgan fingerprint density at radius 2 is 2.27 bits per heavy atom. The minimum absolute atomic E-state index is 0.312. The summed E-state index contributed by atoms with van der Waals surface area (Å²) in [5, 5.41) is 0. The maximum atomic E-state index is 11.4. The van der Waals surface area contributed by atoms with Gasteiger partial charge in [0, 0.05) is 18.6 Å². The van der Waals surface area contributed by atoms with Crippen LogP contribution in [0.2, 0.25) is 0 Å². The first-order valence-electron chi connectivity index (χ1n) is 4.46. The summed E-state index contributed by atoms with van der Waals surface area (Å²) in [5.74, 6) is 0. The Hall–Kier alpha value is -2.17. The van der Waals surface area contributed by atoms with Crippen LogP contribution in [0.1, 0.15) is 5.56 Å². The van der Waals surface area contributed by atoms with E-state index < -0.39 is 0 Å². The highest BCUT2D eigenvalue weighted by Crippen LogP contribution is 2.00. The predicted octanol–water partition coefficient (Wildman–Crippen LogP) is 0.269. The van der Waals surface area contributed by atoms with Crippen LogP contribution in [0.4, 0.5) is 5.69 Å². The fourth-order valence-electron chi connectivity index (χ4n) is 1.27. The maximum absolute atomic E-state index is 11.4. The van der Waals surface area contributed by atoms with Gasteiger partial charge >= 0.3 is 5.69 Å². The van der Waals surface area contributed by atoms with E-state index in [1.54, 1.807) is 18.6 Å². The number of nitrogen functional groups attached to an aromatic ring is 1. The highest BCUT2D eigenvalue weighted by Gasteiger charge is 1.99. The number of rotatable bonds is 2. The normalized spacial score (nSPS) is 10.1. The molecule has 0 amide bonds. The Kier molecular flexibility index (Phi) is 2.45. The van der Waals surface area contributed by atoms with E-state index in [-0.39, 0.29) is 5.69 Å². The van der Waals surface area contributed by atoms with Gasteiger partial charge in [0.15, 0.2) is 0 Å². The second kappa shape index (κ2) is 3.91. The SMILES string of the molecule is Nc1cnc(=O)n(Cc2cccnc2)c1. The predicted molar refractivity (Wildman–Crippen MR) is 56.2 cm³/mol. The number of aromatic nitrogens is 3. The molecule has 5 nitrogen and oxygen atoms in total. The molecule has 0 saturated carbocycles. The average molecular weight is 202 g/mol. The second-order valence-corrected chi connectivity index (χ2v) is 3.16. The van der Waals surface area contributed by atoms with Crippen LogP contribution in [-0.4, -0.2) is 14.5 Å². The van der Waals surface area contributed by atoms with Crippen LogP contribution < -0.4 is 11.4 Å². The number of hydrogen-bond donors (Lipinski definition) is 1. The molecule has 0 radical (unpaired) electrons. The lowest BCUT2D eigenvalue weighted by molar-refractivity contribution is 0.727. The zero-order valence-corrected chi connectivity index (χ0v) is 8.00. The van der Waals surface area contributed by atoms with Crippen LogP contribution in [-0.2, 0) is 6.54 Å². The molecular weight excluding hydrogens is 192 g/mol. The van der Waals surface area contributed by atoms with Crippen molar-refractivity contribution in [3.05, 3.63) is 53.0 Å². The lowest BCUT2D eigenvalue weighted by Crippen LogP contribution is -2.23. The van der Waals surface area contributed by atoms with E-state index in [4.69, 9.17) is 5.73 Å². The molecule has 2 aromatic heterocycles. The summed E-state index contributed by atoms with van der Waals surface area (Å²) in [7, 11) is 0. The molecule has 0 unspecified atom stereocenters. The number of hydrogen-bond acceptors (Lipinski definition) is 4. The molecule has 2 aromatic rings. The maximum Gasteiger partial charge on any atom is 0.347 e. The standard InChI is InChI=1S/C10H10N4O/c11-9-5-13-10(15)14(7-9)6-8-2-1-3-12-4-8/h1-5,7H,6,11H2. The summed E-state index contributed by atoms with van der Waals surface area (Å²) in [6, 6.07) is 3.71. The van der Waals surface area contributed by atoms with Crippen molar-refractivity contribution in [2.45, 2.75) is 6.54 Å². The van der Waals surface area contributed by atoms with Crippen LogP contribution in [0.5, 0.6) is 0 Å². The molecular formula is C10H10N4O. The van der Waals surface area contributed by atoms with Crippen molar-refractivity contribution in [3.8, 4) is 0 Å². The third-order valence-electron chi connectivity index (χ3n) is 1.95. The molecule has 2 rings (SSSR count). The second-order valence-electron chi connectivity index (χ2n) is 3.16. The van der Waals surface area contributed by atoms with Crippen LogP contribution in [0.25, 0.3) is 0 Å². The van der Waals surface area contributed by atoms with Gasteiger partial charge in [0.05, 0.1) is 18.4 Å². The first kappa shape index (κ1) is 9.39. The Bertz CT molecular complexity index is 506. The average Bonchev–Trinajstić information content (AvgIpc) is 2.25. The number of pyridine rings is 1. The van der Waals surface area contributed by atoms with Crippen molar-refractivity contribution in [2.24, 2.45) is 0 Å². The highest BCUT2D eigenvalue weighted by atomic mass is 16.1. The van der Waals surface area contributed by atoms with Gasteiger partial charge in [-0.25, -0.2) is 4.79 Å². The van der Waals surface area contributed by atoms with Crippen LogP contribution in [0.3, 0.4) is 0 Å². The first-order valence-corrected chi connectivity index (χ1v) is 4.46. The summed E-state index contributed by atoms with van der Waals surface area (Å²) in [4.78, 5) is 19.0. The third-order valence-corrected chi connectivity index (χ3v) is 1.95. The van der Waals surface area contributed by atoms with Crippen molar-refractivity contribution in [1.29, 1.82) is 0 Å². The van der Waals surface area contributed by atoms with Crippen LogP contribution >= 0.6 is 0 Å². The molecule has 0 bridgehead atoms. The van der Waals surface area contributed by atoms with Crippen molar-refractivity contribution >= 4 is 5.69 Å². The van der Waals surface area contributed by atoms with Crippen molar-refractivity contribution in [2.75, 3.05) is 5.73 Å². The minimum atomic E-state index is -0.312. The van der Waals surface area contributed by atoms with Gasteiger partial charge in [0.1, 0.15) is 0 Å². The molecule has 0 aliphatic heterocycles. The minimum Gasteiger partial charge on any atom is -0.396 e. The quantitative estimate of drug-likeness (QED) is 0.758. The Labute approximate surface area is 86.2 Å². The molecule has 0 aliphatic carbocycles. The van der Waals surface area contributed by atoms with Gasteiger partial charge in [-0.15, -0.1) is 0 Å². The molecule has 15 heavy (non-hydrogen) atoms. The van der Waals surface area contributed by atoms with Gasteiger partial charge in [-0.2, -0.15) is 4.98 Å². The zero-order valence-electron chi connectivity index (χ0n) is 8.00. The molecule has 2 N–H and O–H groups in total. The molecule has 0 atom stereocenters. The summed E-state index contributed by atoms with van der Waals surface area (Å²) in [6.07, 6.45) is 6.31. The molecule has 2 heterocycles. The monoisotopic (exact) mass is 202 g/mol. The van der Waals surface area contributed by atoms with Crippen molar-refractivity contribution in [3.63, 3.8) is 0 Å². The number of anilines is 1. The van der Waals surface area contributed by atoms with Gasteiger partial charge in [-0.05, 0) is 11.6 Å². The molecule has 0 fully saturated rings. The van der Waals surface area contributed by atoms with Gasteiger partial charge in [0.2, 0.25) is 0 Å². The lowest BCUT2D eigenvalue weighted by Gasteiger charge is -2.04. The smallest absolute Gasteiger partial charge is 0.347 e. The fraction of sp³-hybridized carbons (Fsp3) is 0.100. The van der Waals surface area contributed by atoms with E-state index in [0.717, 1.165) is 5.56 Å². The largest absolute Gasteiger partial charge is 0.396 e. The third kappa shape index (κ3) is 2.19. The van der Waals surface area contributed by atoms with Crippen molar-refractivity contribution in [1.82, 2.24) is 14.5 Å². The van der Waals surface area contributed by atoms with E-state index in [0.29, 0.717) is 12.2 Å². The molecule has 0 aliphatic rings. The van der Waals surface area contributed by atoms with E-state index in [1.165, 1.54) is 10.8 Å². The summed E-state index contributed by atoms with van der Waals surface area (Å²) < 4.78 is 1.45. The lowest BCUT2D eigenvalue weighted by atomic mass is 10.3. The number of nitrogens with two attached hydrogens (primary N) is 1.